The molecule has 0 fully saturated rings. The van der Waals surface area contributed by atoms with E-state index in [1.165, 1.54) is 11.3 Å². The molecule has 0 aliphatic heterocycles. The maximum absolute atomic E-state index is 11.7. The van der Waals surface area contributed by atoms with E-state index in [9.17, 15) is 4.79 Å². The van der Waals surface area contributed by atoms with E-state index in [2.05, 4.69) is 0 Å². The predicted octanol–water partition coefficient (Wildman–Crippen LogP) is 3.16. The van der Waals surface area contributed by atoms with Gasteiger partial charge in [-0.15, -0.1) is 11.3 Å². The van der Waals surface area contributed by atoms with Gasteiger partial charge >= 0.3 is 0 Å². The molecule has 94 valence electrons. The van der Waals surface area contributed by atoms with Crippen LogP contribution in [0.2, 0.25) is 0 Å². The number of rotatable bonds is 6. The minimum absolute atomic E-state index is 0.0212. The molecule has 0 aliphatic rings. The number of carbonyl (C=O) groups is 1. The standard InChI is InChI=1S/C14H14O3S/c1-16-12-5-2-4-11(8-12)9-17-10-13(15)14-6-3-7-18-14/h2-8H,9-10H2,1H3. The van der Waals surface area contributed by atoms with Gasteiger partial charge in [0.1, 0.15) is 12.4 Å². The van der Waals surface area contributed by atoms with Crippen LogP contribution in [0.5, 0.6) is 5.75 Å². The first-order valence-corrected chi connectivity index (χ1v) is 6.45. The maximum Gasteiger partial charge on any atom is 0.198 e. The number of ketones is 1. The first-order valence-electron chi connectivity index (χ1n) is 5.57. The van der Waals surface area contributed by atoms with E-state index in [1.807, 2.05) is 41.8 Å². The summed E-state index contributed by atoms with van der Waals surface area (Å²) in [7, 11) is 1.63. The second-order valence-corrected chi connectivity index (χ2v) is 4.69. The molecular weight excluding hydrogens is 248 g/mol. The third-order valence-electron chi connectivity index (χ3n) is 2.43. The van der Waals surface area contributed by atoms with Crippen molar-refractivity contribution < 1.29 is 14.3 Å². The topological polar surface area (TPSA) is 35.5 Å². The highest BCUT2D eigenvalue weighted by Crippen LogP contribution is 2.14. The minimum atomic E-state index is 0.0212. The first kappa shape index (κ1) is 12.8. The third-order valence-corrected chi connectivity index (χ3v) is 3.34. The van der Waals surface area contributed by atoms with E-state index in [-0.39, 0.29) is 12.4 Å². The normalized spacial score (nSPS) is 10.3. The molecule has 0 bridgehead atoms. The molecule has 0 atom stereocenters. The van der Waals surface area contributed by atoms with Gasteiger partial charge < -0.3 is 9.47 Å². The van der Waals surface area contributed by atoms with Gasteiger partial charge in [-0.25, -0.2) is 0 Å². The zero-order chi connectivity index (χ0) is 12.8. The summed E-state index contributed by atoms with van der Waals surface area (Å²) in [5.74, 6) is 0.813. The van der Waals surface area contributed by atoms with Crippen LogP contribution in [0.4, 0.5) is 0 Å². The van der Waals surface area contributed by atoms with Gasteiger partial charge in [-0.05, 0) is 29.1 Å². The highest BCUT2D eigenvalue weighted by Gasteiger charge is 2.06. The lowest BCUT2D eigenvalue weighted by Crippen LogP contribution is -2.07. The Morgan fingerprint density at radius 2 is 2.17 bits per heavy atom. The van der Waals surface area contributed by atoms with E-state index in [1.54, 1.807) is 7.11 Å². The molecule has 2 rings (SSSR count). The molecule has 1 aromatic heterocycles. The van der Waals surface area contributed by atoms with E-state index in [0.717, 1.165) is 16.2 Å². The van der Waals surface area contributed by atoms with Crippen molar-refractivity contribution in [3.05, 3.63) is 52.2 Å². The van der Waals surface area contributed by atoms with Crippen molar-refractivity contribution in [2.75, 3.05) is 13.7 Å². The van der Waals surface area contributed by atoms with Gasteiger partial charge in [0, 0.05) is 0 Å². The van der Waals surface area contributed by atoms with Crippen LogP contribution in [0.15, 0.2) is 41.8 Å². The molecule has 0 unspecified atom stereocenters. The van der Waals surface area contributed by atoms with Crippen molar-refractivity contribution >= 4 is 17.1 Å². The van der Waals surface area contributed by atoms with Crippen LogP contribution >= 0.6 is 11.3 Å². The van der Waals surface area contributed by atoms with Crippen LogP contribution in [0.1, 0.15) is 15.2 Å². The van der Waals surface area contributed by atoms with Crippen molar-refractivity contribution in [2.24, 2.45) is 0 Å². The molecule has 0 aliphatic carbocycles. The molecule has 1 heterocycles. The Labute approximate surface area is 110 Å². The Bertz CT molecular complexity index is 506. The van der Waals surface area contributed by atoms with Crippen LogP contribution in [0.3, 0.4) is 0 Å². The number of carbonyl (C=O) groups excluding carboxylic acids is 1. The Balaban J connectivity index is 1.83. The maximum atomic E-state index is 11.7. The van der Waals surface area contributed by atoms with E-state index in [4.69, 9.17) is 9.47 Å². The molecule has 0 N–H and O–H groups in total. The molecule has 0 saturated carbocycles. The monoisotopic (exact) mass is 262 g/mol. The molecule has 1 aromatic carbocycles. The zero-order valence-corrected chi connectivity index (χ0v) is 10.9. The Morgan fingerprint density at radius 3 is 2.89 bits per heavy atom. The summed E-state index contributed by atoms with van der Waals surface area (Å²) < 4.78 is 10.5. The average molecular weight is 262 g/mol. The number of thiophene rings is 1. The fraction of sp³-hybridized carbons (Fsp3) is 0.214. The molecule has 0 radical (unpaired) electrons. The number of ether oxygens (including phenoxy) is 2. The number of hydrogen-bond acceptors (Lipinski definition) is 4. The van der Waals surface area contributed by atoms with Crippen molar-refractivity contribution in [3.63, 3.8) is 0 Å². The van der Waals surface area contributed by atoms with Crippen LogP contribution < -0.4 is 4.74 Å². The number of Topliss-reactive ketones (excluding diaryl/α,β-unsaturated/α-hetero) is 1. The number of benzene rings is 1. The molecule has 4 heteroatoms. The van der Waals surface area contributed by atoms with Crippen molar-refractivity contribution in [3.8, 4) is 5.75 Å². The van der Waals surface area contributed by atoms with Crippen LogP contribution in [0, 0.1) is 0 Å². The quantitative estimate of drug-likeness (QED) is 0.750. The molecule has 18 heavy (non-hydrogen) atoms. The number of methoxy groups -OCH3 is 1. The van der Waals surface area contributed by atoms with E-state index < -0.39 is 0 Å². The van der Waals surface area contributed by atoms with Crippen LogP contribution in [-0.2, 0) is 11.3 Å². The Morgan fingerprint density at radius 1 is 1.28 bits per heavy atom. The summed E-state index contributed by atoms with van der Waals surface area (Å²) in [6, 6.07) is 11.3. The highest BCUT2D eigenvalue weighted by molar-refractivity contribution is 7.12. The van der Waals surface area contributed by atoms with Gasteiger partial charge in [0.15, 0.2) is 5.78 Å². The van der Waals surface area contributed by atoms with Gasteiger partial charge in [-0.2, -0.15) is 0 Å². The summed E-state index contributed by atoms with van der Waals surface area (Å²) in [4.78, 5) is 12.4. The molecule has 0 amide bonds. The average Bonchev–Trinajstić information content (AvgIpc) is 2.93. The van der Waals surface area contributed by atoms with Gasteiger partial charge in [-0.1, -0.05) is 18.2 Å². The van der Waals surface area contributed by atoms with E-state index >= 15 is 0 Å². The predicted molar refractivity (Wildman–Crippen MR) is 71.3 cm³/mol. The Hall–Kier alpha value is -1.65. The summed E-state index contributed by atoms with van der Waals surface area (Å²) >= 11 is 1.43. The molecule has 0 spiro atoms. The lowest BCUT2D eigenvalue weighted by Gasteiger charge is -2.05. The van der Waals surface area contributed by atoms with Gasteiger partial charge in [0.2, 0.25) is 0 Å². The second-order valence-electron chi connectivity index (χ2n) is 3.74. The minimum Gasteiger partial charge on any atom is -0.497 e. The lowest BCUT2D eigenvalue weighted by atomic mass is 10.2. The fourth-order valence-electron chi connectivity index (χ4n) is 1.53. The van der Waals surface area contributed by atoms with Gasteiger partial charge in [0.25, 0.3) is 0 Å². The molecule has 2 aromatic rings. The van der Waals surface area contributed by atoms with Crippen molar-refractivity contribution in [1.29, 1.82) is 0 Å². The zero-order valence-electron chi connectivity index (χ0n) is 10.1. The first-order chi connectivity index (χ1) is 8.79. The lowest BCUT2D eigenvalue weighted by molar-refractivity contribution is 0.0730. The second kappa shape index (κ2) is 6.33. The molecule has 3 nitrogen and oxygen atoms in total. The largest absolute Gasteiger partial charge is 0.497 e. The van der Waals surface area contributed by atoms with Crippen LogP contribution in [0.25, 0.3) is 0 Å². The smallest absolute Gasteiger partial charge is 0.198 e. The fourth-order valence-corrected chi connectivity index (χ4v) is 2.18. The SMILES string of the molecule is COc1cccc(COCC(=O)c2cccs2)c1. The summed E-state index contributed by atoms with van der Waals surface area (Å²) in [6.45, 7) is 0.520. The van der Waals surface area contributed by atoms with E-state index in [0.29, 0.717) is 6.61 Å². The van der Waals surface area contributed by atoms with Crippen molar-refractivity contribution in [1.82, 2.24) is 0 Å². The highest BCUT2D eigenvalue weighted by atomic mass is 32.1. The summed E-state index contributed by atoms with van der Waals surface area (Å²) in [6.07, 6.45) is 0. The van der Waals surface area contributed by atoms with Gasteiger partial charge in [0.05, 0.1) is 18.6 Å². The van der Waals surface area contributed by atoms with Crippen molar-refractivity contribution in [2.45, 2.75) is 6.61 Å². The molecular formula is C14H14O3S. The van der Waals surface area contributed by atoms with Crippen LogP contribution in [-0.4, -0.2) is 19.5 Å². The Kier molecular flexibility index (Phi) is 4.50. The summed E-state index contributed by atoms with van der Waals surface area (Å²) in [5, 5.41) is 1.88. The third kappa shape index (κ3) is 3.42. The number of hydrogen-bond donors (Lipinski definition) is 0. The summed E-state index contributed by atoms with van der Waals surface area (Å²) in [5.41, 5.74) is 0.994. The molecule has 0 saturated heterocycles. The van der Waals surface area contributed by atoms with Gasteiger partial charge in [-0.3, -0.25) is 4.79 Å².